The molecule has 2 aromatic heterocycles. The van der Waals surface area contributed by atoms with Crippen LogP contribution in [0, 0.1) is 0 Å². The monoisotopic (exact) mass is 480 g/mol. The Kier molecular flexibility index (Phi) is 9.14. The van der Waals surface area contributed by atoms with Crippen molar-refractivity contribution in [3.05, 3.63) is 48.0 Å². The second kappa shape index (κ2) is 11.6. The van der Waals surface area contributed by atoms with Crippen LogP contribution in [0.3, 0.4) is 0 Å². The SMILES string of the molecule is CNS(=O)(=O)Cc1ccc2[n-]cc(CCCN3CCN(c4ncncc4OC)CC3)c2c1.[Na+]. The first-order valence-corrected chi connectivity index (χ1v) is 12.4. The molecule has 0 radical (unpaired) electrons. The number of methoxy groups -OCH3 is 1. The summed E-state index contributed by atoms with van der Waals surface area (Å²) in [5, 5.41) is 1.05. The summed E-state index contributed by atoms with van der Waals surface area (Å²) in [5.41, 5.74) is 2.86. The number of aromatic nitrogens is 3. The molecule has 1 N–H and O–H groups in total. The first-order valence-electron chi connectivity index (χ1n) is 10.7. The third kappa shape index (κ3) is 6.46. The number of fused-ring (bicyclic) bond motifs is 1. The fourth-order valence-electron chi connectivity index (χ4n) is 4.12. The summed E-state index contributed by atoms with van der Waals surface area (Å²) in [6.45, 7) is 4.75. The van der Waals surface area contributed by atoms with Crippen LogP contribution in [0.25, 0.3) is 10.9 Å². The number of sulfonamides is 1. The van der Waals surface area contributed by atoms with Crippen molar-refractivity contribution in [1.29, 1.82) is 0 Å². The predicted octanol–water partition coefficient (Wildman–Crippen LogP) is -1.60. The van der Waals surface area contributed by atoms with Gasteiger partial charge in [-0.2, -0.15) is 6.20 Å². The number of aryl methyl sites for hydroxylation is 1. The van der Waals surface area contributed by atoms with Gasteiger partial charge in [-0.15, -0.1) is 5.52 Å². The van der Waals surface area contributed by atoms with Gasteiger partial charge >= 0.3 is 29.6 Å². The van der Waals surface area contributed by atoms with Crippen LogP contribution in [-0.4, -0.2) is 70.2 Å². The second-order valence-electron chi connectivity index (χ2n) is 7.95. The number of ether oxygens (including phenoxy) is 1. The van der Waals surface area contributed by atoms with Gasteiger partial charge in [0.25, 0.3) is 0 Å². The summed E-state index contributed by atoms with van der Waals surface area (Å²) in [7, 11) is -0.215. The van der Waals surface area contributed by atoms with Crippen molar-refractivity contribution in [3.63, 3.8) is 0 Å². The van der Waals surface area contributed by atoms with Gasteiger partial charge in [0.2, 0.25) is 10.0 Å². The number of anilines is 1. The van der Waals surface area contributed by atoms with Crippen LogP contribution in [0.1, 0.15) is 17.5 Å². The Morgan fingerprint density at radius 3 is 2.73 bits per heavy atom. The molecular formula is C22H29N6NaO3S. The minimum atomic E-state index is -3.29. The maximum absolute atomic E-state index is 11.9. The van der Waals surface area contributed by atoms with E-state index in [4.69, 9.17) is 4.74 Å². The Balaban J connectivity index is 0.00000306. The van der Waals surface area contributed by atoms with E-state index in [1.54, 1.807) is 19.6 Å². The average Bonchev–Trinajstić information content (AvgIpc) is 3.21. The number of rotatable bonds is 9. The fraction of sp³-hybridized carbons (Fsp3) is 0.455. The molecule has 0 amide bonds. The fourth-order valence-corrected chi connectivity index (χ4v) is 4.88. The number of hydrogen-bond donors (Lipinski definition) is 1. The van der Waals surface area contributed by atoms with E-state index < -0.39 is 10.0 Å². The van der Waals surface area contributed by atoms with Crippen LogP contribution in [0.5, 0.6) is 5.75 Å². The van der Waals surface area contributed by atoms with E-state index in [1.807, 2.05) is 24.4 Å². The average molecular weight is 481 g/mol. The molecule has 1 aliphatic heterocycles. The van der Waals surface area contributed by atoms with Crippen LogP contribution in [-0.2, 0) is 22.2 Å². The van der Waals surface area contributed by atoms with Crippen molar-refractivity contribution in [2.24, 2.45) is 0 Å². The van der Waals surface area contributed by atoms with Crippen molar-refractivity contribution < 1.29 is 42.7 Å². The summed E-state index contributed by atoms with van der Waals surface area (Å²) >= 11 is 0. The molecule has 1 aliphatic rings. The molecule has 172 valence electrons. The van der Waals surface area contributed by atoms with E-state index >= 15 is 0 Å². The summed E-state index contributed by atoms with van der Waals surface area (Å²) < 4.78 is 31.5. The van der Waals surface area contributed by atoms with Gasteiger partial charge in [0, 0.05) is 26.2 Å². The first kappa shape index (κ1) is 25.9. The van der Waals surface area contributed by atoms with Gasteiger partial charge in [-0.1, -0.05) is 23.8 Å². The number of benzene rings is 1. The van der Waals surface area contributed by atoms with Gasteiger partial charge in [-0.25, -0.2) is 23.1 Å². The van der Waals surface area contributed by atoms with E-state index in [0.717, 1.165) is 67.8 Å². The molecule has 11 heteroatoms. The van der Waals surface area contributed by atoms with Gasteiger partial charge in [0.1, 0.15) is 6.33 Å². The largest absolute Gasteiger partial charge is 1.00 e. The molecule has 0 bridgehead atoms. The molecular weight excluding hydrogens is 451 g/mol. The Morgan fingerprint density at radius 2 is 2.00 bits per heavy atom. The summed E-state index contributed by atoms with van der Waals surface area (Å²) in [4.78, 5) is 17.6. The van der Waals surface area contributed by atoms with Crippen molar-refractivity contribution in [2.45, 2.75) is 18.6 Å². The molecule has 1 saturated heterocycles. The number of piperazine rings is 1. The third-order valence-electron chi connectivity index (χ3n) is 5.91. The van der Waals surface area contributed by atoms with Crippen molar-refractivity contribution in [3.8, 4) is 5.75 Å². The quantitative estimate of drug-likeness (QED) is 0.366. The molecule has 0 unspecified atom stereocenters. The van der Waals surface area contributed by atoms with Gasteiger partial charge in [-0.3, -0.25) is 4.90 Å². The standard InChI is InChI=1S/C22H29N6O3S.Na/c1-23-32(29,30)15-17-5-6-20-19(12-17)18(13-25-20)4-3-7-27-8-10-28(11-9-27)22-21(31-2)14-24-16-26-22;/h5-6,12-14,16,23H,3-4,7-11,15H2,1-2H3;/q-1;+1. The predicted molar refractivity (Wildman–Crippen MR) is 125 cm³/mol. The topological polar surface area (TPSA) is 102 Å². The van der Waals surface area contributed by atoms with Crippen LogP contribution in [0.4, 0.5) is 5.82 Å². The first-order chi connectivity index (χ1) is 15.5. The number of nitrogens with one attached hydrogen (secondary N) is 1. The molecule has 3 aromatic rings. The van der Waals surface area contributed by atoms with E-state index in [9.17, 15) is 8.42 Å². The van der Waals surface area contributed by atoms with E-state index in [-0.39, 0.29) is 35.3 Å². The number of hydrogen-bond acceptors (Lipinski definition) is 7. The smallest absolute Gasteiger partial charge is 0.663 e. The van der Waals surface area contributed by atoms with E-state index in [2.05, 4.69) is 29.5 Å². The normalized spacial score (nSPS) is 14.9. The molecule has 0 atom stereocenters. The molecule has 0 spiro atoms. The molecule has 4 rings (SSSR count). The van der Waals surface area contributed by atoms with Crippen LogP contribution in [0.2, 0.25) is 0 Å². The zero-order chi connectivity index (χ0) is 22.6. The summed E-state index contributed by atoms with van der Waals surface area (Å²) in [6.07, 6.45) is 7.12. The van der Waals surface area contributed by atoms with Crippen molar-refractivity contribution in [2.75, 3.05) is 51.8 Å². The Labute approximate surface area is 217 Å². The van der Waals surface area contributed by atoms with Gasteiger partial charge in [0.05, 0.1) is 19.1 Å². The Hall–Kier alpha value is -1.69. The molecule has 33 heavy (non-hydrogen) atoms. The van der Waals surface area contributed by atoms with Gasteiger partial charge in [-0.05, 0) is 37.4 Å². The van der Waals surface area contributed by atoms with E-state index in [0.29, 0.717) is 5.75 Å². The van der Waals surface area contributed by atoms with Crippen LogP contribution in [0.15, 0.2) is 36.9 Å². The molecule has 9 nitrogen and oxygen atoms in total. The Morgan fingerprint density at radius 1 is 1.21 bits per heavy atom. The maximum atomic E-state index is 11.9. The van der Waals surface area contributed by atoms with Crippen LogP contribution >= 0.6 is 0 Å². The summed E-state index contributed by atoms with van der Waals surface area (Å²) in [5.74, 6) is 1.54. The molecule has 1 aromatic carbocycles. The van der Waals surface area contributed by atoms with Gasteiger partial charge in [0.15, 0.2) is 11.6 Å². The molecule has 3 heterocycles. The molecule has 0 saturated carbocycles. The third-order valence-corrected chi connectivity index (χ3v) is 7.24. The van der Waals surface area contributed by atoms with Crippen LogP contribution < -0.4 is 48.9 Å². The van der Waals surface area contributed by atoms with E-state index in [1.165, 1.54) is 12.6 Å². The second-order valence-corrected chi connectivity index (χ2v) is 9.87. The maximum Gasteiger partial charge on any atom is 1.00 e. The summed E-state index contributed by atoms with van der Waals surface area (Å²) in [6, 6.07) is 5.69. The Bertz CT molecular complexity index is 1160. The van der Waals surface area contributed by atoms with Crippen molar-refractivity contribution >= 4 is 26.7 Å². The van der Waals surface area contributed by atoms with Crippen molar-refractivity contribution in [1.82, 2.24) is 24.6 Å². The number of nitrogens with zero attached hydrogens (tertiary/aromatic N) is 5. The zero-order valence-electron chi connectivity index (χ0n) is 19.5. The minimum absolute atomic E-state index is 0. The molecule has 0 aliphatic carbocycles. The zero-order valence-corrected chi connectivity index (χ0v) is 22.3. The van der Waals surface area contributed by atoms with Gasteiger partial charge < -0.3 is 14.6 Å². The molecule has 1 fully saturated rings. The minimum Gasteiger partial charge on any atom is -0.663 e.